The highest BCUT2D eigenvalue weighted by atomic mass is 19.1. The van der Waals surface area contributed by atoms with Gasteiger partial charge in [0.25, 0.3) is 0 Å². The molecule has 7 N–H and O–H groups in total. The predicted molar refractivity (Wildman–Crippen MR) is 49.7 cm³/mol. The van der Waals surface area contributed by atoms with Crippen molar-refractivity contribution in [1.82, 2.24) is 5.32 Å². The summed E-state index contributed by atoms with van der Waals surface area (Å²) in [5, 5.41) is 17.9. The van der Waals surface area contributed by atoms with Gasteiger partial charge in [0.05, 0.1) is 0 Å². The van der Waals surface area contributed by atoms with Gasteiger partial charge in [-0.2, -0.15) is 0 Å². The first-order valence-electron chi connectivity index (χ1n) is 4.08. The van der Waals surface area contributed by atoms with Gasteiger partial charge in [0.2, 0.25) is 0 Å². The first-order valence-corrected chi connectivity index (χ1v) is 4.08. The molecule has 6 nitrogen and oxygen atoms in total. The lowest BCUT2D eigenvalue weighted by Gasteiger charge is -2.20. The molecule has 0 aliphatic carbocycles. The van der Waals surface area contributed by atoms with Gasteiger partial charge in [0, 0.05) is 6.54 Å². The summed E-state index contributed by atoms with van der Waals surface area (Å²) in [5.74, 6) is -1.56. The Labute approximate surface area is 81.0 Å². The summed E-state index contributed by atoms with van der Waals surface area (Å²) < 4.78 is 12.3. The van der Waals surface area contributed by atoms with Crippen LogP contribution in [0.3, 0.4) is 0 Å². The summed E-state index contributed by atoms with van der Waals surface area (Å²) in [4.78, 5) is 10.5. The number of hydrogen-bond donors (Lipinski definition) is 5. The first-order chi connectivity index (χ1) is 6.42. The Hall–Kier alpha value is -1.37. The fraction of sp³-hybridized carbons (Fsp3) is 0.714. The maximum atomic E-state index is 12.3. The number of alkyl halides is 1. The third kappa shape index (κ3) is 4.04. The molecule has 0 aromatic rings. The number of nitrogens with one attached hydrogen (secondary N) is 2. The highest BCUT2D eigenvalue weighted by Crippen LogP contribution is 2.10. The van der Waals surface area contributed by atoms with Crippen LogP contribution in [0.2, 0.25) is 0 Å². The van der Waals surface area contributed by atoms with Crippen LogP contribution in [0.4, 0.5) is 4.39 Å². The molecular formula is C7H15FN4O2. The van der Waals surface area contributed by atoms with Crippen LogP contribution in [0.5, 0.6) is 0 Å². The quantitative estimate of drug-likeness (QED) is 0.216. The Morgan fingerprint density at radius 2 is 2.21 bits per heavy atom. The van der Waals surface area contributed by atoms with E-state index in [9.17, 15) is 9.18 Å². The van der Waals surface area contributed by atoms with E-state index in [2.05, 4.69) is 5.32 Å². The fourth-order valence-corrected chi connectivity index (χ4v) is 0.858. The molecule has 0 aliphatic heterocycles. The SMILES string of the molecule is N=C(N)NCCCC(N)(CF)C(=O)O. The summed E-state index contributed by atoms with van der Waals surface area (Å²) in [5.41, 5.74) is 8.43. The molecule has 0 heterocycles. The van der Waals surface area contributed by atoms with Crippen LogP contribution >= 0.6 is 0 Å². The average molecular weight is 206 g/mol. The molecule has 0 radical (unpaired) electrons. The molecule has 7 heteroatoms. The van der Waals surface area contributed by atoms with Crippen molar-refractivity contribution in [2.75, 3.05) is 13.2 Å². The van der Waals surface area contributed by atoms with Gasteiger partial charge in [0.1, 0.15) is 12.2 Å². The molecule has 14 heavy (non-hydrogen) atoms. The predicted octanol–water partition coefficient (Wildman–Crippen LogP) is -0.999. The van der Waals surface area contributed by atoms with Gasteiger partial charge in [-0.1, -0.05) is 0 Å². The van der Waals surface area contributed by atoms with Gasteiger partial charge in [0.15, 0.2) is 5.96 Å². The van der Waals surface area contributed by atoms with Gasteiger partial charge in [-0.15, -0.1) is 0 Å². The molecule has 0 aliphatic rings. The number of carboxylic acids is 1. The van der Waals surface area contributed by atoms with Crippen molar-refractivity contribution in [3.63, 3.8) is 0 Å². The van der Waals surface area contributed by atoms with E-state index in [4.69, 9.17) is 22.0 Å². The number of nitrogens with two attached hydrogens (primary N) is 2. The monoisotopic (exact) mass is 206 g/mol. The Balaban J connectivity index is 3.85. The topological polar surface area (TPSA) is 125 Å². The molecule has 0 bridgehead atoms. The van der Waals surface area contributed by atoms with E-state index in [1.807, 2.05) is 0 Å². The van der Waals surface area contributed by atoms with Crippen molar-refractivity contribution in [3.8, 4) is 0 Å². The maximum absolute atomic E-state index is 12.3. The van der Waals surface area contributed by atoms with E-state index >= 15 is 0 Å². The lowest BCUT2D eigenvalue weighted by Crippen LogP contribution is -2.50. The zero-order chi connectivity index (χ0) is 11.2. The highest BCUT2D eigenvalue weighted by Gasteiger charge is 2.33. The number of rotatable bonds is 6. The Kier molecular flexibility index (Phi) is 4.85. The van der Waals surface area contributed by atoms with Crippen molar-refractivity contribution >= 4 is 11.9 Å². The highest BCUT2D eigenvalue weighted by molar-refractivity contribution is 5.78. The number of carbonyl (C=O) groups is 1. The van der Waals surface area contributed by atoms with Gasteiger partial charge in [-0.25, -0.2) is 4.39 Å². The van der Waals surface area contributed by atoms with E-state index in [1.54, 1.807) is 0 Å². The summed E-state index contributed by atoms with van der Waals surface area (Å²) in [6.07, 6.45) is 0.339. The molecule has 0 fully saturated rings. The molecule has 0 spiro atoms. The van der Waals surface area contributed by atoms with E-state index in [0.29, 0.717) is 13.0 Å². The van der Waals surface area contributed by atoms with Crippen molar-refractivity contribution in [3.05, 3.63) is 0 Å². The Bertz CT molecular complexity index is 224. The van der Waals surface area contributed by atoms with Crippen molar-refractivity contribution in [2.24, 2.45) is 11.5 Å². The van der Waals surface area contributed by atoms with Gasteiger partial charge in [-0.3, -0.25) is 10.2 Å². The minimum Gasteiger partial charge on any atom is -0.480 e. The molecule has 0 aromatic carbocycles. The van der Waals surface area contributed by atoms with Crippen molar-refractivity contribution in [1.29, 1.82) is 5.41 Å². The zero-order valence-electron chi connectivity index (χ0n) is 7.72. The van der Waals surface area contributed by atoms with Crippen molar-refractivity contribution in [2.45, 2.75) is 18.4 Å². The second kappa shape index (κ2) is 5.38. The second-order valence-corrected chi connectivity index (χ2v) is 3.04. The molecule has 0 aromatic heterocycles. The minimum absolute atomic E-state index is 0.000880. The standard InChI is InChI=1S/C7H15FN4O2/c8-4-7(11,5(13)14)2-1-3-12-6(9)10/h1-4,11H2,(H,13,14)(H4,9,10,12). The third-order valence-corrected chi connectivity index (χ3v) is 1.78. The minimum atomic E-state index is -1.82. The van der Waals surface area contributed by atoms with Crippen LogP contribution in [0.25, 0.3) is 0 Å². The number of guanidine groups is 1. The maximum Gasteiger partial charge on any atom is 0.326 e. The lowest BCUT2D eigenvalue weighted by atomic mass is 9.96. The molecule has 82 valence electrons. The van der Waals surface area contributed by atoms with Gasteiger partial charge < -0.3 is 21.9 Å². The van der Waals surface area contributed by atoms with Gasteiger partial charge in [-0.05, 0) is 12.8 Å². The molecule has 1 unspecified atom stereocenters. The molecule has 0 rings (SSSR count). The van der Waals surface area contributed by atoms with Crippen molar-refractivity contribution < 1.29 is 14.3 Å². The van der Waals surface area contributed by atoms with Crippen LogP contribution in [0.15, 0.2) is 0 Å². The summed E-state index contributed by atoms with van der Waals surface area (Å²) in [6.45, 7) is -0.802. The fourth-order valence-electron chi connectivity index (χ4n) is 0.858. The lowest BCUT2D eigenvalue weighted by molar-refractivity contribution is -0.144. The van der Waals surface area contributed by atoms with E-state index in [-0.39, 0.29) is 12.4 Å². The molecule has 0 saturated carbocycles. The molecule has 1 atom stereocenters. The number of hydrogen-bond acceptors (Lipinski definition) is 3. The second-order valence-electron chi connectivity index (χ2n) is 3.04. The van der Waals surface area contributed by atoms with Crippen LogP contribution in [-0.2, 0) is 4.79 Å². The van der Waals surface area contributed by atoms with Crippen LogP contribution in [-0.4, -0.2) is 35.8 Å². The first kappa shape index (κ1) is 12.6. The van der Waals surface area contributed by atoms with E-state index in [1.165, 1.54) is 0 Å². The number of halogens is 1. The summed E-state index contributed by atoms with van der Waals surface area (Å²) >= 11 is 0. The number of carboxylic acid groups (broad SMARTS) is 1. The molecule has 0 amide bonds. The van der Waals surface area contributed by atoms with Gasteiger partial charge >= 0.3 is 5.97 Å². The summed E-state index contributed by atoms with van der Waals surface area (Å²) in [7, 11) is 0. The van der Waals surface area contributed by atoms with Crippen LogP contribution < -0.4 is 16.8 Å². The zero-order valence-corrected chi connectivity index (χ0v) is 7.72. The van der Waals surface area contributed by atoms with Crippen LogP contribution in [0.1, 0.15) is 12.8 Å². The third-order valence-electron chi connectivity index (χ3n) is 1.78. The van der Waals surface area contributed by atoms with Crippen LogP contribution in [0, 0.1) is 5.41 Å². The normalized spacial score (nSPS) is 14.4. The largest absolute Gasteiger partial charge is 0.480 e. The number of aliphatic carboxylic acids is 1. The average Bonchev–Trinajstić information content (AvgIpc) is 2.11. The smallest absolute Gasteiger partial charge is 0.326 e. The van der Waals surface area contributed by atoms with E-state index in [0.717, 1.165) is 0 Å². The Morgan fingerprint density at radius 1 is 1.64 bits per heavy atom. The molecular weight excluding hydrogens is 191 g/mol. The van der Waals surface area contributed by atoms with E-state index < -0.39 is 18.2 Å². The summed E-state index contributed by atoms with van der Waals surface area (Å²) in [6, 6.07) is 0. The Morgan fingerprint density at radius 3 is 2.57 bits per heavy atom. The molecule has 0 saturated heterocycles.